The summed E-state index contributed by atoms with van der Waals surface area (Å²) in [6, 6.07) is 6.74. The predicted octanol–water partition coefficient (Wildman–Crippen LogP) is 5.51. The maximum Gasteiger partial charge on any atom is 0.307 e. The molecule has 4 rings (SSSR count). The molecule has 2 aliphatic rings. The zero-order chi connectivity index (χ0) is 28.3. The molecule has 210 valence electrons. The summed E-state index contributed by atoms with van der Waals surface area (Å²) < 4.78 is 0. The van der Waals surface area contributed by atoms with Gasteiger partial charge in [-0.25, -0.2) is 0 Å². The van der Waals surface area contributed by atoms with Crippen molar-refractivity contribution in [3.05, 3.63) is 58.1 Å². The Morgan fingerprint density at radius 1 is 1.15 bits per heavy atom. The molecular weight excluding hydrogens is 486 g/mol. The van der Waals surface area contributed by atoms with Crippen LogP contribution >= 0.6 is 0 Å². The molecule has 0 amide bonds. The van der Waals surface area contributed by atoms with Crippen LogP contribution in [0, 0.1) is 24.7 Å². The van der Waals surface area contributed by atoms with E-state index < -0.39 is 5.97 Å². The molecule has 0 saturated carbocycles. The van der Waals surface area contributed by atoms with Crippen LogP contribution in [0.3, 0.4) is 0 Å². The van der Waals surface area contributed by atoms with E-state index in [9.17, 15) is 9.90 Å². The lowest BCUT2D eigenvalue weighted by molar-refractivity contribution is -0.136. The lowest BCUT2D eigenvalue weighted by Gasteiger charge is -2.40. The molecule has 7 heteroatoms. The van der Waals surface area contributed by atoms with Gasteiger partial charge in [-0.15, -0.1) is 0 Å². The monoisotopic (exact) mass is 531 g/mol. The Bertz CT molecular complexity index is 1270. The van der Waals surface area contributed by atoms with Gasteiger partial charge in [0.2, 0.25) is 0 Å². The molecule has 0 radical (unpaired) electrons. The second kappa shape index (κ2) is 11.9. The van der Waals surface area contributed by atoms with Gasteiger partial charge in [0.05, 0.1) is 12.1 Å². The first kappa shape index (κ1) is 28.8. The third-order valence-electron chi connectivity index (χ3n) is 8.36. The number of pyridine rings is 1. The van der Waals surface area contributed by atoms with Crippen LogP contribution in [0.25, 0.3) is 11.1 Å². The van der Waals surface area contributed by atoms with Gasteiger partial charge in [0.25, 0.3) is 0 Å². The lowest BCUT2D eigenvalue weighted by atomic mass is 9.82. The molecule has 0 bridgehead atoms. The number of aryl methyl sites for hydroxylation is 2. The number of hydrogen-bond donors (Lipinski definition) is 3. The topological polar surface area (TPSA) is 92.6 Å². The standard InChI is InChI=1S/C32H45N5O2/c1-7-34-18-27(21(2)33)20-36-13-10-24-16-25(8-9-26(24)19-36)30-23(4)35-22(3)28(17-29(38)39)31(30)37-14-11-32(5,6)12-15-37/h8-9,16,18,33-34H,7,10-15,17,19-20H2,1-6H3,(H,38,39)/b27-18-,33-21?. The maximum absolute atomic E-state index is 11.9. The maximum atomic E-state index is 11.9. The van der Waals surface area contributed by atoms with Gasteiger partial charge in [-0.2, -0.15) is 0 Å². The zero-order valence-corrected chi connectivity index (χ0v) is 24.6. The van der Waals surface area contributed by atoms with Crippen molar-refractivity contribution in [2.45, 2.75) is 73.8 Å². The minimum atomic E-state index is -0.818. The Hall–Kier alpha value is -3.19. The van der Waals surface area contributed by atoms with E-state index in [-0.39, 0.29) is 6.42 Å². The number of nitrogens with zero attached hydrogens (tertiary/aromatic N) is 3. The fraction of sp³-hybridized carbons (Fsp3) is 0.531. The van der Waals surface area contributed by atoms with Crippen LogP contribution in [0.5, 0.6) is 0 Å². The molecule has 1 aromatic carbocycles. The van der Waals surface area contributed by atoms with Crippen LogP contribution in [0.4, 0.5) is 5.69 Å². The number of benzene rings is 1. The van der Waals surface area contributed by atoms with Gasteiger partial charge in [-0.3, -0.25) is 14.7 Å². The summed E-state index contributed by atoms with van der Waals surface area (Å²) in [4.78, 5) is 21.6. The summed E-state index contributed by atoms with van der Waals surface area (Å²) in [6.07, 6.45) is 5.07. The van der Waals surface area contributed by atoms with Gasteiger partial charge in [-0.1, -0.05) is 32.0 Å². The molecule has 3 N–H and O–H groups in total. The Kier molecular flexibility index (Phi) is 8.80. The van der Waals surface area contributed by atoms with Crippen LogP contribution < -0.4 is 10.2 Å². The molecule has 1 aromatic heterocycles. The number of rotatable bonds is 9. The fourth-order valence-electron chi connectivity index (χ4n) is 5.90. The number of fused-ring (bicyclic) bond motifs is 1. The quantitative estimate of drug-likeness (QED) is 0.370. The number of piperidine rings is 1. The van der Waals surface area contributed by atoms with Crippen LogP contribution in [0.2, 0.25) is 0 Å². The third kappa shape index (κ3) is 6.70. The molecule has 2 aliphatic heterocycles. The van der Waals surface area contributed by atoms with Gasteiger partial charge in [0.15, 0.2) is 0 Å². The second-order valence-corrected chi connectivity index (χ2v) is 12.0. The number of nitrogens with one attached hydrogen (secondary N) is 2. The molecule has 7 nitrogen and oxygen atoms in total. The van der Waals surface area contributed by atoms with Gasteiger partial charge in [0.1, 0.15) is 0 Å². The minimum Gasteiger partial charge on any atom is -0.481 e. The van der Waals surface area contributed by atoms with Crippen LogP contribution in [0.1, 0.15) is 68.6 Å². The van der Waals surface area contributed by atoms with Gasteiger partial charge in [0, 0.05) is 79.3 Å². The van der Waals surface area contributed by atoms with Crippen molar-refractivity contribution in [3.8, 4) is 11.1 Å². The fourth-order valence-corrected chi connectivity index (χ4v) is 5.90. The zero-order valence-electron chi connectivity index (χ0n) is 24.6. The van der Waals surface area contributed by atoms with Crippen molar-refractivity contribution < 1.29 is 9.90 Å². The first-order valence-electron chi connectivity index (χ1n) is 14.3. The summed E-state index contributed by atoms with van der Waals surface area (Å²) in [6.45, 7) is 17.8. The molecule has 39 heavy (non-hydrogen) atoms. The first-order valence-corrected chi connectivity index (χ1v) is 14.3. The largest absolute Gasteiger partial charge is 0.481 e. The molecule has 0 spiro atoms. The Morgan fingerprint density at radius 3 is 2.51 bits per heavy atom. The van der Waals surface area contributed by atoms with Gasteiger partial charge < -0.3 is 20.7 Å². The van der Waals surface area contributed by atoms with E-state index in [1.807, 2.05) is 20.0 Å². The van der Waals surface area contributed by atoms with Crippen molar-refractivity contribution in [3.63, 3.8) is 0 Å². The van der Waals surface area contributed by atoms with Gasteiger partial charge >= 0.3 is 5.97 Å². The highest BCUT2D eigenvalue weighted by molar-refractivity contribution is 5.96. The van der Waals surface area contributed by atoms with Crippen molar-refractivity contribution in [2.75, 3.05) is 37.6 Å². The number of aromatic nitrogens is 1. The predicted molar refractivity (Wildman–Crippen MR) is 160 cm³/mol. The Balaban J connectivity index is 1.69. The molecule has 0 aliphatic carbocycles. The van der Waals surface area contributed by atoms with E-state index in [1.165, 1.54) is 11.1 Å². The van der Waals surface area contributed by atoms with E-state index in [4.69, 9.17) is 10.4 Å². The first-order chi connectivity index (χ1) is 18.5. The minimum absolute atomic E-state index is 0.0174. The van der Waals surface area contributed by atoms with Crippen LogP contribution in [0.15, 0.2) is 30.0 Å². The summed E-state index contributed by atoms with van der Waals surface area (Å²) in [5.74, 6) is -0.818. The summed E-state index contributed by atoms with van der Waals surface area (Å²) in [7, 11) is 0. The molecule has 2 aromatic rings. The number of anilines is 1. The highest BCUT2D eigenvalue weighted by Gasteiger charge is 2.30. The second-order valence-electron chi connectivity index (χ2n) is 12.0. The van der Waals surface area contributed by atoms with Crippen LogP contribution in [-0.2, 0) is 24.2 Å². The SMILES string of the molecule is CCN/C=C(/CN1CCc2cc(-c3c(C)nc(C)c(CC(=O)O)c3N3CCC(C)(C)CC3)ccc2C1)C(C)=N. The smallest absolute Gasteiger partial charge is 0.307 e. The van der Waals surface area contributed by atoms with Crippen LogP contribution in [-0.4, -0.2) is 59.4 Å². The van der Waals surface area contributed by atoms with Crippen molar-refractivity contribution in [2.24, 2.45) is 5.41 Å². The Morgan fingerprint density at radius 2 is 1.87 bits per heavy atom. The highest BCUT2D eigenvalue weighted by Crippen LogP contribution is 2.42. The average molecular weight is 532 g/mol. The molecule has 1 saturated heterocycles. The Labute approximate surface area is 233 Å². The summed E-state index contributed by atoms with van der Waals surface area (Å²) in [5, 5.41) is 21.2. The molecule has 1 fully saturated rings. The number of aliphatic carboxylic acids is 1. The summed E-state index contributed by atoms with van der Waals surface area (Å²) >= 11 is 0. The third-order valence-corrected chi connectivity index (χ3v) is 8.36. The van der Waals surface area contributed by atoms with E-state index in [2.05, 4.69) is 61.0 Å². The lowest BCUT2D eigenvalue weighted by Crippen LogP contribution is -2.38. The molecule has 0 atom stereocenters. The van der Waals surface area contributed by atoms with Crippen molar-refractivity contribution in [1.29, 1.82) is 5.41 Å². The van der Waals surface area contributed by atoms with E-state index in [0.717, 1.165) is 97.9 Å². The number of carbonyl (C=O) groups is 1. The number of carboxylic acid groups (broad SMARTS) is 1. The number of carboxylic acids is 1. The van der Waals surface area contributed by atoms with E-state index in [0.29, 0.717) is 11.1 Å². The van der Waals surface area contributed by atoms with Crippen molar-refractivity contribution in [1.82, 2.24) is 15.2 Å². The average Bonchev–Trinajstić information content (AvgIpc) is 2.87. The molecule has 0 unspecified atom stereocenters. The van der Waals surface area contributed by atoms with Gasteiger partial charge in [-0.05, 0) is 69.1 Å². The summed E-state index contributed by atoms with van der Waals surface area (Å²) in [5.41, 5.74) is 10.5. The van der Waals surface area contributed by atoms with E-state index >= 15 is 0 Å². The number of hydrogen-bond acceptors (Lipinski definition) is 6. The molecular formula is C32H45N5O2. The normalized spacial score (nSPS) is 17.6. The highest BCUT2D eigenvalue weighted by atomic mass is 16.4. The van der Waals surface area contributed by atoms with E-state index in [1.54, 1.807) is 0 Å². The van der Waals surface area contributed by atoms with Crippen molar-refractivity contribution >= 4 is 17.4 Å². The molecule has 3 heterocycles.